The first-order valence-corrected chi connectivity index (χ1v) is 8.66. The first-order chi connectivity index (χ1) is 11.4. The van der Waals surface area contributed by atoms with E-state index in [9.17, 15) is 12.8 Å². The molecule has 0 radical (unpaired) electrons. The highest BCUT2D eigenvalue weighted by Crippen LogP contribution is 2.30. The van der Waals surface area contributed by atoms with Gasteiger partial charge in [0.15, 0.2) is 0 Å². The number of hydrogen-bond donors (Lipinski definition) is 1. The summed E-state index contributed by atoms with van der Waals surface area (Å²) in [5, 5.41) is 3.67. The lowest BCUT2D eigenvalue weighted by molar-refractivity contribution is 0.435. The Morgan fingerprint density at radius 3 is 2.46 bits per heavy atom. The number of aromatic nitrogens is 1. The molecule has 0 aliphatic carbocycles. The third kappa shape index (κ3) is 3.16. The molecule has 3 rings (SSSR count). The van der Waals surface area contributed by atoms with Crippen LogP contribution in [0.2, 0.25) is 0 Å². The second-order valence-electron chi connectivity index (χ2n) is 5.45. The molecule has 1 heterocycles. The largest absolute Gasteiger partial charge is 0.337 e. The van der Waals surface area contributed by atoms with E-state index in [-0.39, 0.29) is 16.3 Å². The zero-order chi connectivity index (χ0) is 17.3. The molecule has 1 N–H and O–H groups in total. The molecule has 0 saturated heterocycles. The van der Waals surface area contributed by atoms with E-state index in [2.05, 4.69) is 9.88 Å². The van der Waals surface area contributed by atoms with E-state index < -0.39 is 15.8 Å². The van der Waals surface area contributed by atoms with E-state index in [1.54, 1.807) is 0 Å². The molecule has 0 saturated carbocycles. The number of aryl methyl sites for hydroxylation is 2. The highest BCUT2D eigenvalue weighted by Gasteiger charge is 2.20. The standard InChI is InChI=1S/C17H15FN2O3S/c1-11-3-5-13(6-4-11)15-10-19-23-17(15)20-24(21,22)14-7-8-16(18)12(2)9-14/h3-10,20H,1-2H3. The van der Waals surface area contributed by atoms with Crippen LogP contribution in [0.1, 0.15) is 11.1 Å². The molecule has 0 atom stereocenters. The SMILES string of the molecule is Cc1ccc(-c2cnoc2NS(=O)(=O)c2ccc(F)c(C)c2)cc1. The van der Waals surface area contributed by atoms with Gasteiger partial charge in [0, 0.05) is 0 Å². The monoisotopic (exact) mass is 346 g/mol. The lowest BCUT2D eigenvalue weighted by Crippen LogP contribution is -2.13. The number of rotatable bonds is 4. The average Bonchev–Trinajstić information content (AvgIpc) is 2.98. The third-order valence-corrected chi connectivity index (χ3v) is 4.93. The van der Waals surface area contributed by atoms with Gasteiger partial charge in [0.2, 0.25) is 5.88 Å². The molecule has 1 aromatic heterocycles. The van der Waals surface area contributed by atoms with Gasteiger partial charge >= 0.3 is 0 Å². The maximum atomic E-state index is 13.3. The summed E-state index contributed by atoms with van der Waals surface area (Å²) < 4.78 is 45.7. The minimum Gasteiger partial charge on any atom is -0.337 e. The van der Waals surface area contributed by atoms with E-state index in [1.807, 2.05) is 31.2 Å². The molecule has 0 aliphatic heterocycles. The molecule has 0 aliphatic rings. The Bertz CT molecular complexity index is 979. The summed E-state index contributed by atoms with van der Waals surface area (Å²) in [6, 6.07) is 11.1. The summed E-state index contributed by atoms with van der Waals surface area (Å²) in [7, 11) is -3.91. The molecule has 0 amide bonds. The predicted molar refractivity (Wildman–Crippen MR) is 88.6 cm³/mol. The van der Waals surface area contributed by atoms with E-state index in [4.69, 9.17) is 4.52 Å². The maximum absolute atomic E-state index is 13.3. The predicted octanol–water partition coefficient (Wildman–Crippen LogP) is 3.90. The van der Waals surface area contributed by atoms with Crippen molar-refractivity contribution in [2.24, 2.45) is 0 Å². The van der Waals surface area contributed by atoms with Crippen LogP contribution in [0, 0.1) is 19.7 Å². The van der Waals surface area contributed by atoms with Crippen molar-refractivity contribution in [3.8, 4) is 11.1 Å². The van der Waals surface area contributed by atoms with Gasteiger partial charge in [0.1, 0.15) is 5.82 Å². The number of benzene rings is 2. The fourth-order valence-corrected chi connectivity index (χ4v) is 3.31. The highest BCUT2D eigenvalue weighted by atomic mass is 32.2. The Morgan fingerprint density at radius 2 is 1.79 bits per heavy atom. The van der Waals surface area contributed by atoms with Crippen LogP contribution < -0.4 is 4.72 Å². The smallest absolute Gasteiger partial charge is 0.264 e. The molecule has 0 bridgehead atoms. The van der Waals surface area contributed by atoms with Crippen molar-refractivity contribution >= 4 is 15.9 Å². The molecule has 24 heavy (non-hydrogen) atoms. The zero-order valence-corrected chi connectivity index (χ0v) is 13.9. The van der Waals surface area contributed by atoms with Crippen LogP contribution in [0.4, 0.5) is 10.3 Å². The summed E-state index contributed by atoms with van der Waals surface area (Å²) in [4.78, 5) is -0.0485. The zero-order valence-electron chi connectivity index (χ0n) is 13.1. The Kier molecular flexibility index (Phi) is 4.11. The normalized spacial score (nSPS) is 11.5. The van der Waals surface area contributed by atoms with Crippen LogP contribution in [0.25, 0.3) is 11.1 Å². The van der Waals surface area contributed by atoms with E-state index >= 15 is 0 Å². The van der Waals surface area contributed by atoms with Gasteiger partial charge in [-0.3, -0.25) is 0 Å². The molecule has 7 heteroatoms. The van der Waals surface area contributed by atoms with Gasteiger partial charge < -0.3 is 4.52 Å². The van der Waals surface area contributed by atoms with Crippen molar-refractivity contribution in [3.05, 3.63) is 65.6 Å². The molecule has 2 aromatic carbocycles. The Balaban J connectivity index is 1.95. The van der Waals surface area contributed by atoms with Gasteiger partial charge in [-0.15, -0.1) is 0 Å². The highest BCUT2D eigenvalue weighted by molar-refractivity contribution is 7.92. The van der Waals surface area contributed by atoms with Crippen molar-refractivity contribution in [3.63, 3.8) is 0 Å². The van der Waals surface area contributed by atoms with Crippen LogP contribution in [-0.4, -0.2) is 13.6 Å². The lowest BCUT2D eigenvalue weighted by Gasteiger charge is -2.08. The van der Waals surface area contributed by atoms with Crippen molar-refractivity contribution in [2.45, 2.75) is 18.7 Å². The van der Waals surface area contributed by atoms with Gasteiger partial charge in [0.05, 0.1) is 16.7 Å². The fourth-order valence-electron chi connectivity index (χ4n) is 2.22. The minimum absolute atomic E-state index is 0.0147. The molecule has 5 nitrogen and oxygen atoms in total. The maximum Gasteiger partial charge on any atom is 0.264 e. The van der Waals surface area contributed by atoms with Crippen LogP contribution in [-0.2, 0) is 10.0 Å². The van der Waals surface area contributed by atoms with Crippen LogP contribution in [0.3, 0.4) is 0 Å². The fraction of sp³-hybridized carbons (Fsp3) is 0.118. The van der Waals surface area contributed by atoms with Gasteiger partial charge in [-0.1, -0.05) is 35.0 Å². The van der Waals surface area contributed by atoms with Crippen molar-refractivity contribution in [1.29, 1.82) is 0 Å². The first kappa shape index (κ1) is 16.2. The van der Waals surface area contributed by atoms with E-state index in [0.29, 0.717) is 5.56 Å². The van der Waals surface area contributed by atoms with Gasteiger partial charge in [-0.05, 0) is 43.2 Å². The Hall–Kier alpha value is -2.67. The first-order valence-electron chi connectivity index (χ1n) is 7.17. The molecule has 0 unspecified atom stereocenters. The molecular formula is C17H15FN2O3S. The van der Waals surface area contributed by atoms with Gasteiger partial charge in [0.25, 0.3) is 10.0 Å². The van der Waals surface area contributed by atoms with Crippen molar-refractivity contribution < 1.29 is 17.3 Å². The van der Waals surface area contributed by atoms with Crippen molar-refractivity contribution in [2.75, 3.05) is 4.72 Å². The van der Waals surface area contributed by atoms with Crippen LogP contribution >= 0.6 is 0 Å². The number of halogens is 1. The topological polar surface area (TPSA) is 72.2 Å². The summed E-state index contributed by atoms with van der Waals surface area (Å²) in [5.74, 6) is -0.449. The van der Waals surface area contributed by atoms with Gasteiger partial charge in [-0.25, -0.2) is 17.5 Å². The molecular weight excluding hydrogens is 331 g/mol. The Morgan fingerprint density at radius 1 is 1.08 bits per heavy atom. The molecule has 124 valence electrons. The van der Waals surface area contributed by atoms with E-state index in [1.165, 1.54) is 25.3 Å². The summed E-state index contributed by atoms with van der Waals surface area (Å²) in [5.41, 5.74) is 2.63. The molecule has 0 fully saturated rings. The number of nitrogens with one attached hydrogen (secondary N) is 1. The number of hydrogen-bond acceptors (Lipinski definition) is 4. The third-order valence-electron chi connectivity index (χ3n) is 3.60. The minimum atomic E-state index is -3.91. The van der Waals surface area contributed by atoms with Gasteiger partial charge in [-0.2, -0.15) is 0 Å². The van der Waals surface area contributed by atoms with Crippen LogP contribution in [0.5, 0.6) is 0 Å². The number of anilines is 1. The van der Waals surface area contributed by atoms with Crippen molar-refractivity contribution in [1.82, 2.24) is 5.16 Å². The summed E-state index contributed by atoms with van der Waals surface area (Å²) in [6.45, 7) is 3.46. The average molecular weight is 346 g/mol. The second kappa shape index (κ2) is 6.09. The lowest BCUT2D eigenvalue weighted by atomic mass is 10.1. The quantitative estimate of drug-likeness (QED) is 0.778. The number of sulfonamides is 1. The summed E-state index contributed by atoms with van der Waals surface area (Å²) >= 11 is 0. The Labute approximate surface area is 139 Å². The second-order valence-corrected chi connectivity index (χ2v) is 7.13. The molecule has 3 aromatic rings. The number of nitrogens with zero attached hydrogens (tertiary/aromatic N) is 1. The van der Waals surface area contributed by atoms with E-state index in [0.717, 1.165) is 17.2 Å². The van der Waals surface area contributed by atoms with Crippen LogP contribution in [0.15, 0.2) is 58.1 Å². The summed E-state index contributed by atoms with van der Waals surface area (Å²) in [6.07, 6.45) is 1.44. The molecule has 0 spiro atoms.